The summed E-state index contributed by atoms with van der Waals surface area (Å²) < 4.78 is 0. The fourth-order valence-electron chi connectivity index (χ4n) is 2.54. The largest absolute Gasteiger partial charge is 0.370 e. The monoisotopic (exact) mass is 248 g/mol. The molecule has 4 heteroatoms. The van der Waals surface area contributed by atoms with Gasteiger partial charge in [0.15, 0.2) is 0 Å². The molecule has 0 aromatic carbocycles. The van der Waals surface area contributed by atoms with Crippen LogP contribution in [0.3, 0.4) is 0 Å². The minimum absolute atomic E-state index is 0.726. The third kappa shape index (κ3) is 3.86. The molecule has 1 fully saturated rings. The molecule has 1 saturated carbocycles. The number of nitrogens with one attached hydrogen (secondary N) is 2. The summed E-state index contributed by atoms with van der Waals surface area (Å²) in [5.74, 6) is 2.49. The van der Waals surface area contributed by atoms with Crippen molar-refractivity contribution in [2.45, 2.75) is 46.0 Å². The van der Waals surface area contributed by atoms with Crippen molar-refractivity contribution < 1.29 is 0 Å². The first-order chi connectivity index (χ1) is 8.78. The van der Waals surface area contributed by atoms with Gasteiger partial charge in [-0.1, -0.05) is 19.3 Å². The second-order valence-corrected chi connectivity index (χ2v) is 5.13. The van der Waals surface area contributed by atoms with Gasteiger partial charge in [-0.25, -0.2) is 4.98 Å². The average Bonchev–Trinajstić information content (AvgIpc) is 2.37. The molecule has 0 atom stereocenters. The molecular weight excluding hydrogens is 224 g/mol. The van der Waals surface area contributed by atoms with Gasteiger partial charge in [-0.05, 0) is 32.6 Å². The second-order valence-electron chi connectivity index (χ2n) is 5.13. The van der Waals surface area contributed by atoms with E-state index >= 15 is 0 Å². The van der Waals surface area contributed by atoms with E-state index in [4.69, 9.17) is 0 Å². The van der Waals surface area contributed by atoms with E-state index in [0.29, 0.717) is 0 Å². The lowest BCUT2D eigenvalue weighted by Gasteiger charge is -2.22. The fourth-order valence-corrected chi connectivity index (χ4v) is 2.54. The number of rotatable bonds is 5. The lowest BCUT2D eigenvalue weighted by molar-refractivity contribution is 0.373. The van der Waals surface area contributed by atoms with Crippen LogP contribution < -0.4 is 10.6 Å². The Morgan fingerprint density at radius 3 is 2.67 bits per heavy atom. The molecule has 1 heterocycles. The first kappa shape index (κ1) is 13.1. The first-order valence-electron chi connectivity index (χ1n) is 7.11. The molecular formula is C14H24N4. The highest BCUT2D eigenvalue weighted by molar-refractivity contribution is 5.42. The highest BCUT2D eigenvalue weighted by Crippen LogP contribution is 2.23. The number of hydrogen-bond donors (Lipinski definition) is 2. The molecule has 0 amide bonds. The van der Waals surface area contributed by atoms with Crippen molar-refractivity contribution >= 4 is 11.8 Å². The Labute approximate surface area is 110 Å². The smallest absolute Gasteiger partial charge is 0.224 e. The van der Waals surface area contributed by atoms with Crippen LogP contribution >= 0.6 is 0 Å². The van der Waals surface area contributed by atoms with Crippen molar-refractivity contribution in [1.29, 1.82) is 0 Å². The summed E-state index contributed by atoms with van der Waals surface area (Å²) in [6.07, 6.45) is 6.90. The molecule has 4 nitrogen and oxygen atoms in total. The SMILES string of the molecule is CCNc1nc(C)cc(NCC2CCCCC2)n1. The summed E-state index contributed by atoms with van der Waals surface area (Å²) >= 11 is 0. The van der Waals surface area contributed by atoms with E-state index in [9.17, 15) is 0 Å². The molecule has 2 rings (SSSR count). The molecule has 0 saturated heterocycles. The minimum atomic E-state index is 0.726. The van der Waals surface area contributed by atoms with Gasteiger partial charge in [0.05, 0.1) is 0 Å². The van der Waals surface area contributed by atoms with E-state index in [1.54, 1.807) is 0 Å². The summed E-state index contributed by atoms with van der Waals surface area (Å²) in [6.45, 7) is 5.96. The second kappa shape index (κ2) is 6.57. The standard InChI is InChI=1S/C14H24N4/c1-3-15-14-17-11(2)9-13(18-14)16-10-12-7-5-4-6-8-12/h9,12H,3-8,10H2,1-2H3,(H2,15,16,17,18). The maximum absolute atomic E-state index is 4.47. The minimum Gasteiger partial charge on any atom is -0.370 e. The Kier molecular flexibility index (Phi) is 4.79. The van der Waals surface area contributed by atoms with Crippen LogP contribution in [0.5, 0.6) is 0 Å². The molecule has 0 unspecified atom stereocenters. The van der Waals surface area contributed by atoms with E-state index in [1.807, 2.05) is 13.0 Å². The van der Waals surface area contributed by atoms with E-state index in [2.05, 4.69) is 27.5 Å². The number of aromatic nitrogens is 2. The summed E-state index contributed by atoms with van der Waals surface area (Å²) in [7, 11) is 0. The van der Waals surface area contributed by atoms with Crippen molar-refractivity contribution in [3.63, 3.8) is 0 Å². The van der Waals surface area contributed by atoms with Crippen molar-refractivity contribution in [2.24, 2.45) is 5.92 Å². The van der Waals surface area contributed by atoms with Gasteiger partial charge in [-0.15, -0.1) is 0 Å². The van der Waals surface area contributed by atoms with Gasteiger partial charge >= 0.3 is 0 Å². The van der Waals surface area contributed by atoms with Crippen LogP contribution in [0.25, 0.3) is 0 Å². The zero-order valence-electron chi connectivity index (χ0n) is 11.5. The van der Waals surface area contributed by atoms with Crippen LogP contribution in [-0.4, -0.2) is 23.1 Å². The topological polar surface area (TPSA) is 49.8 Å². The van der Waals surface area contributed by atoms with Gasteiger partial charge in [0.2, 0.25) is 5.95 Å². The lowest BCUT2D eigenvalue weighted by Crippen LogP contribution is -2.18. The van der Waals surface area contributed by atoms with Crippen molar-refractivity contribution in [3.8, 4) is 0 Å². The molecule has 1 aliphatic rings. The number of aryl methyl sites for hydroxylation is 1. The van der Waals surface area contributed by atoms with Gasteiger partial charge in [0.25, 0.3) is 0 Å². The Hall–Kier alpha value is -1.32. The van der Waals surface area contributed by atoms with Gasteiger partial charge in [-0.3, -0.25) is 0 Å². The first-order valence-corrected chi connectivity index (χ1v) is 7.11. The summed E-state index contributed by atoms with van der Waals surface area (Å²) in [4.78, 5) is 8.83. The third-order valence-corrected chi connectivity index (χ3v) is 3.49. The maximum atomic E-state index is 4.47. The average molecular weight is 248 g/mol. The molecule has 18 heavy (non-hydrogen) atoms. The van der Waals surface area contributed by atoms with Crippen LogP contribution in [0.15, 0.2) is 6.07 Å². The summed E-state index contributed by atoms with van der Waals surface area (Å²) in [6, 6.07) is 2.02. The molecule has 0 radical (unpaired) electrons. The maximum Gasteiger partial charge on any atom is 0.224 e. The van der Waals surface area contributed by atoms with Crippen LogP contribution in [0, 0.1) is 12.8 Å². The van der Waals surface area contributed by atoms with Crippen molar-refractivity contribution in [2.75, 3.05) is 23.7 Å². The van der Waals surface area contributed by atoms with E-state index in [0.717, 1.165) is 36.5 Å². The zero-order chi connectivity index (χ0) is 12.8. The normalized spacial score (nSPS) is 16.6. The summed E-state index contributed by atoms with van der Waals surface area (Å²) in [5.41, 5.74) is 1.01. The molecule has 2 N–H and O–H groups in total. The fraction of sp³-hybridized carbons (Fsp3) is 0.714. The molecule has 1 aliphatic carbocycles. The van der Waals surface area contributed by atoms with Crippen molar-refractivity contribution in [3.05, 3.63) is 11.8 Å². The predicted molar refractivity (Wildman–Crippen MR) is 76.0 cm³/mol. The van der Waals surface area contributed by atoms with Crippen LogP contribution in [0.1, 0.15) is 44.7 Å². The molecule has 1 aromatic rings. The van der Waals surface area contributed by atoms with Crippen LogP contribution in [-0.2, 0) is 0 Å². The molecule has 1 aromatic heterocycles. The highest BCUT2D eigenvalue weighted by atomic mass is 15.1. The Morgan fingerprint density at radius 2 is 1.94 bits per heavy atom. The Balaban J connectivity index is 1.91. The van der Waals surface area contributed by atoms with Gasteiger partial charge in [0.1, 0.15) is 5.82 Å². The molecule has 0 aliphatic heterocycles. The van der Waals surface area contributed by atoms with E-state index in [-0.39, 0.29) is 0 Å². The van der Waals surface area contributed by atoms with Gasteiger partial charge in [-0.2, -0.15) is 4.98 Å². The van der Waals surface area contributed by atoms with Crippen LogP contribution in [0.2, 0.25) is 0 Å². The Morgan fingerprint density at radius 1 is 1.17 bits per heavy atom. The molecule has 0 bridgehead atoms. The van der Waals surface area contributed by atoms with E-state index in [1.165, 1.54) is 32.1 Å². The van der Waals surface area contributed by atoms with Gasteiger partial charge < -0.3 is 10.6 Å². The van der Waals surface area contributed by atoms with Gasteiger partial charge in [0, 0.05) is 24.8 Å². The predicted octanol–water partition coefficient (Wildman–Crippen LogP) is 3.21. The number of anilines is 2. The molecule has 100 valence electrons. The molecule has 0 spiro atoms. The lowest BCUT2D eigenvalue weighted by atomic mass is 9.89. The number of hydrogen-bond acceptors (Lipinski definition) is 4. The van der Waals surface area contributed by atoms with Crippen molar-refractivity contribution in [1.82, 2.24) is 9.97 Å². The van der Waals surface area contributed by atoms with E-state index < -0.39 is 0 Å². The Bertz CT molecular complexity index is 372. The highest BCUT2D eigenvalue weighted by Gasteiger charge is 2.13. The quantitative estimate of drug-likeness (QED) is 0.840. The zero-order valence-corrected chi connectivity index (χ0v) is 11.5. The third-order valence-electron chi connectivity index (χ3n) is 3.49. The number of nitrogens with zero attached hydrogens (tertiary/aromatic N) is 2. The van der Waals surface area contributed by atoms with Crippen LogP contribution in [0.4, 0.5) is 11.8 Å². The summed E-state index contributed by atoms with van der Waals surface area (Å²) in [5, 5.41) is 6.63.